The maximum atomic E-state index is 11.7. The molecule has 2 rings (SSSR count). The highest BCUT2D eigenvalue weighted by atomic mass is 16.5. The molecule has 2 heterocycles. The summed E-state index contributed by atoms with van der Waals surface area (Å²) >= 11 is 0. The van der Waals surface area contributed by atoms with E-state index in [4.69, 9.17) is 10.5 Å². The third-order valence-electron chi connectivity index (χ3n) is 2.61. The van der Waals surface area contributed by atoms with Gasteiger partial charge in [-0.05, 0) is 0 Å². The van der Waals surface area contributed by atoms with E-state index >= 15 is 0 Å². The van der Waals surface area contributed by atoms with Crippen molar-refractivity contribution in [3.8, 4) is 5.88 Å². The van der Waals surface area contributed by atoms with Crippen molar-refractivity contribution < 1.29 is 14.3 Å². The van der Waals surface area contributed by atoms with Gasteiger partial charge in [0.15, 0.2) is 5.82 Å². The number of primary amides is 1. The van der Waals surface area contributed by atoms with Gasteiger partial charge < -0.3 is 10.5 Å². The summed E-state index contributed by atoms with van der Waals surface area (Å²) in [7, 11) is 1.46. The molecule has 1 fully saturated rings. The van der Waals surface area contributed by atoms with Gasteiger partial charge in [0.1, 0.15) is 0 Å². The molecule has 1 atom stereocenters. The molecule has 90 valence electrons. The van der Waals surface area contributed by atoms with Crippen LogP contribution in [0.4, 0.5) is 5.82 Å². The van der Waals surface area contributed by atoms with Crippen molar-refractivity contribution in [1.29, 1.82) is 0 Å². The summed E-state index contributed by atoms with van der Waals surface area (Å²) in [5, 5.41) is 0. The smallest absolute Gasteiger partial charge is 0.234 e. The second kappa shape index (κ2) is 4.36. The molecule has 1 aliphatic heterocycles. The largest absolute Gasteiger partial charge is 0.480 e. The first-order chi connectivity index (χ1) is 8.11. The molecule has 7 nitrogen and oxygen atoms in total. The number of methoxy groups -OCH3 is 1. The first-order valence-corrected chi connectivity index (χ1v) is 5.07. The van der Waals surface area contributed by atoms with Crippen LogP contribution in [0, 0.1) is 5.92 Å². The van der Waals surface area contributed by atoms with Crippen LogP contribution in [0.3, 0.4) is 0 Å². The number of hydrogen-bond donors (Lipinski definition) is 1. The summed E-state index contributed by atoms with van der Waals surface area (Å²) in [5.74, 6) is -0.431. The molecule has 0 aliphatic carbocycles. The Hall–Kier alpha value is -2.18. The lowest BCUT2D eigenvalue weighted by molar-refractivity contribution is -0.123. The molecule has 0 radical (unpaired) electrons. The predicted octanol–water partition coefficient (Wildman–Crippen LogP) is -0.677. The van der Waals surface area contributed by atoms with Gasteiger partial charge in [0.2, 0.25) is 17.7 Å². The highest BCUT2D eigenvalue weighted by molar-refractivity contribution is 5.99. The Labute approximate surface area is 97.6 Å². The topological polar surface area (TPSA) is 98.4 Å². The molecule has 17 heavy (non-hydrogen) atoms. The standard InChI is InChI=1S/C10H12N4O3/c1-17-8-4-12-3-7(13-8)14-5-6(10(11)16)2-9(14)15/h3-4,6H,2,5H2,1H3,(H2,11,16). The van der Waals surface area contributed by atoms with Crippen LogP contribution in [-0.4, -0.2) is 35.4 Å². The van der Waals surface area contributed by atoms with Crippen molar-refractivity contribution in [3.05, 3.63) is 12.4 Å². The predicted molar refractivity (Wildman–Crippen MR) is 58.2 cm³/mol. The Morgan fingerprint density at radius 2 is 2.35 bits per heavy atom. The highest BCUT2D eigenvalue weighted by Gasteiger charge is 2.34. The van der Waals surface area contributed by atoms with Gasteiger partial charge in [0.05, 0.1) is 25.4 Å². The van der Waals surface area contributed by atoms with Gasteiger partial charge in [0.25, 0.3) is 0 Å². The summed E-state index contributed by atoms with van der Waals surface area (Å²) in [4.78, 5) is 32.1. The first kappa shape index (κ1) is 11.3. The molecule has 1 aromatic rings. The van der Waals surface area contributed by atoms with Crippen molar-refractivity contribution in [1.82, 2.24) is 9.97 Å². The Balaban J connectivity index is 2.22. The molecule has 7 heteroatoms. The summed E-state index contributed by atoms with van der Waals surface area (Å²) < 4.78 is 4.92. The second-order valence-electron chi connectivity index (χ2n) is 3.73. The first-order valence-electron chi connectivity index (χ1n) is 5.07. The number of hydrogen-bond acceptors (Lipinski definition) is 5. The van der Waals surface area contributed by atoms with E-state index in [1.54, 1.807) is 0 Å². The van der Waals surface area contributed by atoms with Crippen molar-refractivity contribution in [2.45, 2.75) is 6.42 Å². The van der Waals surface area contributed by atoms with Crippen molar-refractivity contribution in [2.24, 2.45) is 11.7 Å². The van der Waals surface area contributed by atoms with E-state index in [9.17, 15) is 9.59 Å². The van der Waals surface area contributed by atoms with E-state index < -0.39 is 11.8 Å². The molecule has 1 aromatic heterocycles. The fraction of sp³-hybridized carbons (Fsp3) is 0.400. The minimum atomic E-state index is -0.475. The Kier molecular flexibility index (Phi) is 2.90. The zero-order valence-corrected chi connectivity index (χ0v) is 9.29. The Morgan fingerprint density at radius 1 is 1.59 bits per heavy atom. The molecule has 2 N–H and O–H groups in total. The number of anilines is 1. The quantitative estimate of drug-likeness (QED) is 0.750. The summed E-state index contributed by atoms with van der Waals surface area (Å²) in [6, 6.07) is 0. The minimum absolute atomic E-state index is 0.119. The van der Waals surface area contributed by atoms with Crippen LogP contribution >= 0.6 is 0 Å². The number of aromatic nitrogens is 2. The van der Waals surface area contributed by atoms with Crippen molar-refractivity contribution in [3.63, 3.8) is 0 Å². The van der Waals surface area contributed by atoms with Crippen molar-refractivity contribution >= 4 is 17.6 Å². The highest BCUT2D eigenvalue weighted by Crippen LogP contribution is 2.23. The molecule has 0 aromatic carbocycles. The number of rotatable bonds is 3. The maximum absolute atomic E-state index is 11.7. The lowest BCUT2D eigenvalue weighted by Crippen LogP contribution is -2.29. The molecule has 0 saturated carbocycles. The zero-order chi connectivity index (χ0) is 12.4. The van der Waals surface area contributed by atoms with E-state index in [0.717, 1.165) is 0 Å². The van der Waals surface area contributed by atoms with Gasteiger partial charge in [-0.25, -0.2) is 0 Å². The average molecular weight is 236 g/mol. The number of nitrogens with zero attached hydrogens (tertiary/aromatic N) is 3. The van der Waals surface area contributed by atoms with Crippen LogP contribution in [0.5, 0.6) is 5.88 Å². The van der Waals surface area contributed by atoms with Crippen LogP contribution in [0.1, 0.15) is 6.42 Å². The fourth-order valence-corrected chi connectivity index (χ4v) is 1.69. The van der Waals surface area contributed by atoms with E-state index in [0.29, 0.717) is 11.7 Å². The molecular weight excluding hydrogens is 224 g/mol. The number of amides is 2. The van der Waals surface area contributed by atoms with Gasteiger partial charge in [-0.15, -0.1) is 0 Å². The molecule has 1 saturated heterocycles. The number of nitrogens with two attached hydrogens (primary N) is 1. The average Bonchev–Trinajstić information content (AvgIpc) is 2.72. The summed E-state index contributed by atoms with van der Waals surface area (Å²) in [6.45, 7) is 0.246. The van der Waals surface area contributed by atoms with Gasteiger partial charge in [-0.2, -0.15) is 4.98 Å². The van der Waals surface area contributed by atoms with Gasteiger partial charge >= 0.3 is 0 Å². The monoisotopic (exact) mass is 236 g/mol. The van der Waals surface area contributed by atoms with Gasteiger partial charge in [0, 0.05) is 13.0 Å². The number of carbonyl (C=O) groups excluding carboxylic acids is 2. The lowest BCUT2D eigenvalue weighted by atomic mass is 10.1. The van der Waals surface area contributed by atoms with E-state index in [2.05, 4.69) is 9.97 Å². The third kappa shape index (κ3) is 2.17. The van der Waals surface area contributed by atoms with E-state index in [1.165, 1.54) is 24.4 Å². The van der Waals surface area contributed by atoms with E-state index in [1.807, 2.05) is 0 Å². The second-order valence-corrected chi connectivity index (χ2v) is 3.73. The van der Waals surface area contributed by atoms with Gasteiger partial charge in [-0.1, -0.05) is 0 Å². The Morgan fingerprint density at radius 3 is 2.94 bits per heavy atom. The normalized spacial score (nSPS) is 19.5. The number of ether oxygens (including phenoxy) is 1. The van der Waals surface area contributed by atoms with Crippen molar-refractivity contribution in [2.75, 3.05) is 18.6 Å². The maximum Gasteiger partial charge on any atom is 0.234 e. The Bertz CT molecular complexity index is 463. The fourth-order valence-electron chi connectivity index (χ4n) is 1.69. The third-order valence-corrected chi connectivity index (χ3v) is 2.61. The van der Waals surface area contributed by atoms with Crippen LogP contribution in [0.2, 0.25) is 0 Å². The molecule has 0 spiro atoms. The molecule has 1 unspecified atom stereocenters. The van der Waals surface area contributed by atoms with Crippen LogP contribution in [0.15, 0.2) is 12.4 Å². The lowest BCUT2D eigenvalue weighted by Gasteiger charge is -2.14. The zero-order valence-electron chi connectivity index (χ0n) is 9.29. The summed E-state index contributed by atoms with van der Waals surface area (Å²) in [6.07, 6.45) is 3.01. The minimum Gasteiger partial charge on any atom is -0.480 e. The van der Waals surface area contributed by atoms with Crippen LogP contribution in [-0.2, 0) is 9.59 Å². The number of carbonyl (C=O) groups is 2. The molecule has 1 aliphatic rings. The summed E-state index contributed by atoms with van der Waals surface area (Å²) in [5.41, 5.74) is 5.18. The van der Waals surface area contributed by atoms with Gasteiger partial charge in [-0.3, -0.25) is 19.5 Å². The SMILES string of the molecule is COc1cncc(N2CC(C(N)=O)CC2=O)n1. The van der Waals surface area contributed by atoms with Crippen LogP contribution in [0.25, 0.3) is 0 Å². The molecular formula is C10H12N4O3. The van der Waals surface area contributed by atoms with E-state index in [-0.39, 0.29) is 18.9 Å². The van der Waals surface area contributed by atoms with Crippen LogP contribution < -0.4 is 15.4 Å². The molecule has 2 amide bonds. The molecule has 0 bridgehead atoms.